The summed E-state index contributed by atoms with van der Waals surface area (Å²) in [4.78, 5) is 0. The van der Waals surface area contributed by atoms with Gasteiger partial charge in [0.2, 0.25) is 0 Å². The van der Waals surface area contributed by atoms with Crippen LogP contribution in [0.3, 0.4) is 0 Å². The first-order valence-corrected chi connectivity index (χ1v) is 5.42. The molecule has 1 aromatic heterocycles. The summed E-state index contributed by atoms with van der Waals surface area (Å²) in [5, 5.41) is 7.59. The normalized spacial score (nSPS) is 12.4. The Balaban J connectivity index is 2.30. The van der Waals surface area contributed by atoms with Crippen molar-refractivity contribution in [3.8, 4) is 0 Å². The Kier molecular flexibility index (Phi) is 3.27. The van der Waals surface area contributed by atoms with Gasteiger partial charge in [-0.25, -0.2) is 0 Å². The molecule has 2 aromatic rings. The molecule has 3 heteroatoms. The Morgan fingerprint density at radius 3 is 2.75 bits per heavy atom. The minimum atomic E-state index is -0.123. The maximum atomic E-state index is 6.17. The van der Waals surface area contributed by atoms with Crippen molar-refractivity contribution in [1.29, 1.82) is 0 Å². The number of hydrogen-bond acceptors (Lipinski definition) is 3. The molecule has 0 fully saturated rings. The van der Waals surface area contributed by atoms with Gasteiger partial charge in [0.25, 0.3) is 0 Å². The number of aryl methyl sites for hydroxylation is 1. The van der Waals surface area contributed by atoms with E-state index >= 15 is 0 Å². The topological polar surface area (TPSA) is 51.8 Å². The average molecular weight is 213 g/mol. The molecule has 1 unspecified atom stereocenters. The summed E-state index contributed by atoms with van der Waals surface area (Å²) < 4.78 is 0. The third-order valence-corrected chi connectivity index (χ3v) is 2.68. The van der Waals surface area contributed by atoms with Gasteiger partial charge in [-0.1, -0.05) is 31.2 Å². The van der Waals surface area contributed by atoms with E-state index in [-0.39, 0.29) is 6.04 Å². The van der Waals surface area contributed by atoms with Crippen LogP contribution in [0.25, 0.3) is 0 Å². The zero-order chi connectivity index (χ0) is 11.4. The van der Waals surface area contributed by atoms with Crippen molar-refractivity contribution in [3.05, 3.63) is 59.4 Å². The molecule has 0 saturated heterocycles. The highest BCUT2D eigenvalue weighted by Crippen LogP contribution is 2.19. The Labute approximate surface area is 95.3 Å². The van der Waals surface area contributed by atoms with Gasteiger partial charge in [0.15, 0.2) is 0 Å². The van der Waals surface area contributed by atoms with Gasteiger partial charge in [-0.05, 0) is 29.2 Å². The Hall–Kier alpha value is -1.74. The molecule has 1 atom stereocenters. The third-order valence-electron chi connectivity index (χ3n) is 2.68. The highest BCUT2D eigenvalue weighted by Gasteiger charge is 2.08. The molecular weight excluding hydrogens is 198 g/mol. The van der Waals surface area contributed by atoms with E-state index in [1.807, 2.05) is 18.2 Å². The zero-order valence-corrected chi connectivity index (χ0v) is 9.30. The molecule has 82 valence electrons. The number of nitrogens with two attached hydrogens (primary N) is 1. The molecule has 1 aromatic carbocycles. The van der Waals surface area contributed by atoms with Gasteiger partial charge in [0, 0.05) is 6.20 Å². The molecule has 16 heavy (non-hydrogen) atoms. The van der Waals surface area contributed by atoms with E-state index in [1.165, 1.54) is 5.56 Å². The molecule has 0 amide bonds. The first-order valence-electron chi connectivity index (χ1n) is 5.42. The average Bonchev–Trinajstić information content (AvgIpc) is 2.39. The van der Waals surface area contributed by atoms with Crippen molar-refractivity contribution in [1.82, 2.24) is 10.2 Å². The molecule has 3 nitrogen and oxygen atoms in total. The number of aromatic nitrogens is 2. The third kappa shape index (κ3) is 2.25. The van der Waals surface area contributed by atoms with Crippen LogP contribution in [0.2, 0.25) is 0 Å². The van der Waals surface area contributed by atoms with Crippen molar-refractivity contribution in [3.63, 3.8) is 0 Å². The Morgan fingerprint density at radius 2 is 2.06 bits per heavy atom. The number of benzene rings is 1. The standard InChI is InChI=1S/C13H15N3/c1-2-10-4-3-5-11(8-10)13(14)12-6-7-15-16-9-12/h3-9,13H,2,14H2,1H3. The largest absolute Gasteiger partial charge is 0.320 e. The molecule has 0 aliphatic carbocycles. The van der Waals surface area contributed by atoms with E-state index in [2.05, 4.69) is 29.3 Å². The van der Waals surface area contributed by atoms with Crippen LogP contribution >= 0.6 is 0 Å². The lowest BCUT2D eigenvalue weighted by atomic mass is 9.99. The summed E-state index contributed by atoms with van der Waals surface area (Å²) in [6.45, 7) is 2.14. The van der Waals surface area contributed by atoms with Crippen LogP contribution in [0.5, 0.6) is 0 Å². The van der Waals surface area contributed by atoms with E-state index in [0.29, 0.717) is 0 Å². The van der Waals surface area contributed by atoms with Crippen molar-refractivity contribution in [2.24, 2.45) is 5.73 Å². The molecule has 0 radical (unpaired) electrons. The lowest BCUT2D eigenvalue weighted by molar-refractivity contribution is 0.843. The molecule has 0 saturated carbocycles. The van der Waals surface area contributed by atoms with Crippen LogP contribution in [-0.4, -0.2) is 10.2 Å². The van der Waals surface area contributed by atoms with Gasteiger partial charge >= 0.3 is 0 Å². The smallest absolute Gasteiger partial charge is 0.0568 e. The molecule has 2 N–H and O–H groups in total. The van der Waals surface area contributed by atoms with Gasteiger partial charge < -0.3 is 5.73 Å². The van der Waals surface area contributed by atoms with E-state index in [1.54, 1.807) is 12.4 Å². The molecule has 2 rings (SSSR count). The Morgan fingerprint density at radius 1 is 1.19 bits per heavy atom. The second-order valence-corrected chi connectivity index (χ2v) is 3.75. The predicted octanol–water partition coefficient (Wildman–Crippen LogP) is 2.09. The van der Waals surface area contributed by atoms with Gasteiger partial charge in [-0.15, -0.1) is 0 Å². The molecular formula is C13H15N3. The van der Waals surface area contributed by atoms with Gasteiger partial charge in [0.05, 0.1) is 12.2 Å². The fraction of sp³-hybridized carbons (Fsp3) is 0.231. The first-order chi connectivity index (χ1) is 7.81. The first kappa shape index (κ1) is 10.8. The highest BCUT2D eigenvalue weighted by atomic mass is 15.1. The maximum Gasteiger partial charge on any atom is 0.0568 e. The van der Waals surface area contributed by atoms with Crippen molar-refractivity contribution >= 4 is 0 Å². The van der Waals surface area contributed by atoms with Crippen molar-refractivity contribution < 1.29 is 0 Å². The summed E-state index contributed by atoms with van der Waals surface area (Å²) in [5.41, 5.74) is 9.58. The van der Waals surface area contributed by atoms with Gasteiger partial charge in [-0.2, -0.15) is 10.2 Å². The lowest BCUT2D eigenvalue weighted by Crippen LogP contribution is -2.12. The molecule has 0 aliphatic rings. The molecule has 1 heterocycles. The van der Waals surface area contributed by atoms with E-state index in [9.17, 15) is 0 Å². The highest BCUT2D eigenvalue weighted by molar-refractivity contribution is 5.32. The van der Waals surface area contributed by atoms with Gasteiger partial charge in [-0.3, -0.25) is 0 Å². The molecule has 0 aliphatic heterocycles. The van der Waals surface area contributed by atoms with Gasteiger partial charge in [0.1, 0.15) is 0 Å². The SMILES string of the molecule is CCc1cccc(C(N)c2ccnnc2)c1. The van der Waals surface area contributed by atoms with Crippen molar-refractivity contribution in [2.45, 2.75) is 19.4 Å². The number of rotatable bonds is 3. The van der Waals surface area contributed by atoms with Crippen molar-refractivity contribution in [2.75, 3.05) is 0 Å². The summed E-state index contributed by atoms with van der Waals surface area (Å²) in [5.74, 6) is 0. The van der Waals surface area contributed by atoms with E-state index in [0.717, 1.165) is 17.5 Å². The van der Waals surface area contributed by atoms with E-state index in [4.69, 9.17) is 5.73 Å². The molecule has 0 spiro atoms. The second-order valence-electron chi connectivity index (χ2n) is 3.75. The fourth-order valence-corrected chi connectivity index (χ4v) is 1.68. The summed E-state index contributed by atoms with van der Waals surface area (Å²) in [6.07, 6.45) is 4.40. The van der Waals surface area contributed by atoms with Crippen LogP contribution in [-0.2, 0) is 6.42 Å². The second kappa shape index (κ2) is 4.86. The van der Waals surface area contributed by atoms with Crippen LogP contribution < -0.4 is 5.73 Å². The predicted molar refractivity (Wildman–Crippen MR) is 63.9 cm³/mol. The maximum absolute atomic E-state index is 6.17. The summed E-state index contributed by atoms with van der Waals surface area (Å²) in [7, 11) is 0. The summed E-state index contributed by atoms with van der Waals surface area (Å²) >= 11 is 0. The minimum Gasteiger partial charge on any atom is -0.320 e. The minimum absolute atomic E-state index is 0.123. The molecule has 0 bridgehead atoms. The van der Waals surface area contributed by atoms with Crippen LogP contribution in [0.15, 0.2) is 42.7 Å². The zero-order valence-electron chi connectivity index (χ0n) is 9.30. The quantitative estimate of drug-likeness (QED) is 0.849. The lowest BCUT2D eigenvalue weighted by Gasteiger charge is -2.12. The summed E-state index contributed by atoms with van der Waals surface area (Å²) in [6, 6.07) is 10.1. The van der Waals surface area contributed by atoms with Crippen LogP contribution in [0, 0.1) is 0 Å². The Bertz CT molecular complexity index is 454. The monoisotopic (exact) mass is 213 g/mol. The van der Waals surface area contributed by atoms with E-state index < -0.39 is 0 Å². The number of hydrogen-bond donors (Lipinski definition) is 1. The fourth-order valence-electron chi connectivity index (χ4n) is 1.68. The number of nitrogens with zero attached hydrogens (tertiary/aromatic N) is 2. The van der Waals surface area contributed by atoms with Crippen LogP contribution in [0.1, 0.15) is 29.7 Å². The van der Waals surface area contributed by atoms with Crippen LogP contribution in [0.4, 0.5) is 0 Å².